The largest absolute Gasteiger partial charge is 0.423 e. The van der Waals surface area contributed by atoms with E-state index in [0.29, 0.717) is 33.1 Å². The van der Waals surface area contributed by atoms with Gasteiger partial charge in [-0.25, -0.2) is 0 Å². The highest BCUT2D eigenvalue weighted by Gasteiger charge is 2.16. The van der Waals surface area contributed by atoms with E-state index >= 15 is 0 Å². The fourth-order valence-corrected chi connectivity index (χ4v) is 4.37. The molecule has 1 N–H and O–H groups in total. The van der Waals surface area contributed by atoms with Crippen LogP contribution in [0.4, 0.5) is 11.6 Å². The zero-order valence-corrected chi connectivity index (χ0v) is 21.9. The normalized spacial score (nSPS) is 10.9. The number of hydrogen-bond donors (Lipinski definition) is 1. The lowest BCUT2D eigenvalue weighted by Gasteiger charge is -2.13. The van der Waals surface area contributed by atoms with Gasteiger partial charge in [-0.2, -0.15) is 15.2 Å². The number of rotatable bonds is 6. The lowest BCUT2D eigenvalue weighted by Crippen LogP contribution is -2.16. The highest BCUT2D eigenvalue weighted by Crippen LogP contribution is 2.31. The van der Waals surface area contributed by atoms with Gasteiger partial charge in [-0.1, -0.05) is 24.3 Å². The standard InChI is InChI=1S/C30H21N7O4/c1-36-22-9-5-3-7-20(22)24(15-26(36)38)40-29-33-28(32-19-13-11-18(17-31)12-14-19)34-30(35-29)41-25-16-27(39)37(2)23-10-6-4-8-21(23)25/h3-16H,1-2H3,(H,32,33,34,35). The first kappa shape index (κ1) is 25.3. The van der Waals surface area contributed by atoms with Crippen LogP contribution >= 0.6 is 0 Å². The maximum Gasteiger partial charge on any atom is 0.330 e. The van der Waals surface area contributed by atoms with E-state index in [0.717, 1.165) is 0 Å². The molecule has 3 aromatic heterocycles. The number of para-hydroxylation sites is 2. The first-order valence-corrected chi connectivity index (χ1v) is 12.5. The van der Waals surface area contributed by atoms with Crippen LogP contribution in [0, 0.1) is 11.3 Å². The Morgan fingerprint density at radius 2 is 1.20 bits per heavy atom. The number of ether oxygens (including phenoxy) is 2. The van der Waals surface area contributed by atoms with Crippen molar-refractivity contribution in [3.63, 3.8) is 0 Å². The summed E-state index contributed by atoms with van der Waals surface area (Å²) in [6, 6.07) is 25.8. The Balaban J connectivity index is 1.45. The molecule has 3 heterocycles. The van der Waals surface area contributed by atoms with E-state index in [1.54, 1.807) is 38.4 Å². The van der Waals surface area contributed by atoms with Gasteiger partial charge in [0.05, 0.1) is 22.7 Å². The predicted molar refractivity (Wildman–Crippen MR) is 153 cm³/mol. The fourth-order valence-electron chi connectivity index (χ4n) is 4.37. The average Bonchev–Trinajstić information content (AvgIpc) is 2.99. The van der Waals surface area contributed by atoms with Crippen LogP contribution in [0.1, 0.15) is 5.56 Å². The molecule has 0 aliphatic rings. The van der Waals surface area contributed by atoms with Crippen molar-refractivity contribution >= 4 is 33.4 Å². The van der Waals surface area contributed by atoms with Crippen LogP contribution in [-0.2, 0) is 14.1 Å². The van der Waals surface area contributed by atoms with Crippen molar-refractivity contribution in [2.75, 3.05) is 5.32 Å². The summed E-state index contributed by atoms with van der Waals surface area (Å²) in [6.07, 6.45) is 0. The number of fused-ring (bicyclic) bond motifs is 2. The van der Waals surface area contributed by atoms with Gasteiger partial charge in [0.15, 0.2) is 0 Å². The van der Waals surface area contributed by atoms with Gasteiger partial charge in [0, 0.05) is 42.7 Å². The monoisotopic (exact) mass is 543 g/mol. The maximum atomic E-state index is 12.6. The number of pyridine rings is 2. The molecule has 0 saturated carbocycles. The smallest absolute Gasteiger partial charge is 0.330 e. The summed E-state index contributed by atoms with van der Waals surface area (Å²) in [5.41, 5.74) is 1.89. The summed E-state index contributed by atoms with van der Waals surface area (Å²) >= 11 is 0. The van der Waals surface area contributed by atoms with Crippen LogP contribution in [-0.4, -0.2) is 24.1 Å². The number of aromatic nitrogens is 5. The Morgan fingerprint density at radius 1 is 0.707 bits per heavy atom. The Morgan fingerprint density at radius 3 is 1.68 bits per heavy atom. The second kappa shape index (κ2) is 10.3. The van der Waals surface area contributed by atoms with Gasteiger partial charge in [0.25, 0.3) is 11.1 Å². The lowest BCUT2D eigenvalue weighted by molar-refractivity contribution is 0.402. The van der Waals surface area contributed by atoms with E-state index in [1.807, 2.05) is 48.5 Å². The Kier molecular flexibility index (Phi) is 6.33. The van der Waals surface area contributed by atoms with Crippen LogP contribution in [0.5, 0.6) is 23.5 Å². The minimum absolute atomic E-state index is 0.0796. The number of nitrogens with zero attached hydrogens (tertiary/aromatic N) is 6. The third kappa shape index (κ3) is 4.93. The second-order valence-corrected chi connectivity index (χ2v) is 9.09. The summed E-state index contributed by atoms with van der Waals surface area (Å²) in [6.45, 7) is 0. The first-order chi connectivity index (χ1) is 19.9. The minimum Gasteiger partial charge on any atom is -0.423 e. The minimum atomic E-state index is -0.272. The molecule has 11 heteroatoms. The molecule has 0 aliphatic carbocycles. The molecule has 0 amide bonds. The van der Waals surface area contributed by atoms with Crippen molar-refractivity contribution in [2.45, 2.75) is 0 Å². The van der Waals surface area contributed by atoms with Crippen LogP contribution < -0.4 is 25.9 Å². The Labute approximate surface area is 232 Å². The maximum absolute atomic E-state index is 12.6. The van der Waals surface area contributed by atoms with Crippen LogP contribution in [0.15, 0.2) is 94.5 Å². The van der Waals surface area contributed by atoms with Crippen molar-refractivity contribution in [1.82, 2.24) is 24.1 Å². The predicted octanol–water partition coefficient (Wildman–Crippen LogP) is 4.78. The fraction of sp³-hybridized carbons (Fsp3) is 0.0667. The highest BCUT2D eigenvalue weighted by molar-refractivity contribution is 5.86. The third-order valence-corrected chi connectivity index (χ3v) is 6.50. The van der Waals surface area contributed by atoms with Gasteiger partial charge in [-0.15, -0.1) is 4.98 Å². The van der Waals surface area contributed by atoms with Crippen LogP contribution in [0.2, 0.25) is 0 Å². The zero-order chi connectivity index (χ0) is 28.5. The molecule has 6 rings (SSSR count). The molecule has 0 atom stereocenters. The molecular weight excluding hydrogens is 522 g/mol. The number of anilines is 2. The number of nitriles is 1. The molecule has 0 spiro atoms. The lowest BCUT2D eigenvalue weighted by atomic mass is 10.2. The Bertz CT molecular complexity index is 1990. The molecule has 3 aromatic carbocycles. The molecule has 6 aromatic rings. The molecule has 0 fully saturated rings. The van der Waals surface area contributed by atoms with E-state index in [-0.39, 0.29) is 40.6 Å². The number of aryl methyl sites for hydroxylation is 2. The second-order valence-electron chi connectivity index (χ2n) is 9.09. The molecular formula is C30H21N7O4. The molecule has 0 unspecified atom stereocenters. The van der Waals surface area contributed by atoms with Crippen molar-refractivity contribution in [2.24, 2.45) is 14.1 Å². The molecule has 0 aliphatic heterocycles. The number of nitrogens with one attached hydrogen (secondary N) is 1. The van der Waals surface area contributed by atoms with Gasteiger partial charge < -0.3 is 23.9 Å². The van der Waals surface area contributed by atoms with Gasteiger partial charge in [-0.3, -0.25) is 9.59 Å². The summed E-state index contributed by atoms with van der Waals surface area (Å²) < 4.78 is 15.1. The molecule has 0 bridgehead atoms. The average molecular weight is 544 g/mol. The SMILES string of the molecule is Cn1c(=O)cc(Oc2nc(Nc3ccc(C#N)cc3)nc(Oc3cc(=O)n(C)c4ccccc34)n2)c2ccccc21. The van der Waals surface area contributed by atoms with Gasteiger partial charge in [-0.05, 0) is 48.5 Å². The summed E-state index contributed by atoms with van der Waals surface area (Å²) in [5, 5.41) is 13.5. The quantitative estimate of drug-likeness (QED) is 0.315. The van der Waals surface area contributed by atoms with E-state index in [9.17, 15) is 9.59 Å². The first-order valence-electron chi connectivity index (χ1n) is 12.5. The zero-order valence-electron chi connectivity index (χ0n) is 21.9. The van der Waals surface area contributed by atoms with Crippen molar-refractivity contribution in [3.8, 4) is 29.6 Å². The van der Waals surface area contributed by atoms with E-state index in [4.69, 9.17) is 14.7 Å². The molecule has 0 radical (unpaired) electrons. The summed E-state index contributed by atoms with van der Waals surface area (Å²) in [5.74, 6) is 0.587. The van der Waals surface area contributed by atoms with Crippen molar-refractivity contribution in [3.05, 3.63) is 111 Å². The highest BCUT2D eigenvalue weighted by atomic mass is 16.5. The topological polar surface area (TPSA) is 137 Å². The van der Waals surface area contributed by atoms with E-state index in [1.165, 1.54) is 21.3 Å². The molecule has 41 heavy (non-hydrogen) atoms. The molecule has 0 saturated heterocycles. The Hall–Kier alpha value is -6.02. The van der Waals surface area contributed by atoms with Gasteiger partial charge >= 0.3 is 12.0 Å². The van der Waals surface area contributed by atoms with Crippen LogP contribution in [0.25, 0.3) is 21.8 Å². The van der Waals surface area contributed by atoms with Crippen molar-refractivity contribution < 1.29 is 9.47 Å². The van der Waals surface area contributed by atoms with Gasteiger partial charge in [0.2, 0.25) is 5.95 Å². The van der Waals surface area contributed by atoms with Gasteiger partial charge in [0.1, 0.15) is 11.5 Å². The summed E-state index contributed by atoms with van der Waals surface area (Å²) in [7, 11) is 3.36. The summed E-state index contributed by atoms with van der Waals surface area (Å²) in [4.78, 5) is 38.4. The van der Waals surface area contributed by atoms with E-state index in [2.05, 4.69) is 26.3 Å². The third-order valence-electron chi connectivity index (χ3n) is 6.50. The molecule has 200 valence electrons. The number of hydrogen-bond acceptors (Lipinski definition) is 9. The van der Waals surface area contributed by atoms with Crippen LogP contribution in [0.3, 0.4) is 0 Å². The number of benzene rings is 3. The molecule has 11 nitrogen and oxygen atoms in total. The van der Waals surface area contributed by atoms with E-state index < -0.39 is 0 Å². The van der Waals surface area contributed by atoms with Crippen molar-refractivity contribution in [1.29, 1.82) is 5.26 Å².